The number of methoxy groups -OCH3 is 1. The first-order valence-corrected chi connectivity index (χ1v) is 8.72. The first-order chi connectivity index (χ1) is 13.6. The molecule has 0 fully saturated rings. The van der Waals surface area contributed by atoms with Crippen molar-refractivity contribution in [3.8, 4) is 5.75 Å². The maximum absolute atomic E-state index is 12.1. The molecule has 7 nitrogen and oxygen atoms in total. The monoisotopic (exact) mass is 379 g/mol. The van der Waals surface area contributed by atoms with Gasteiger partial charge in [-0.3, -0.25) is 9.59 Å². The molecule has 2 amide bonds. The van der Waals surface area contributed by atoms with Crippen LogP contribution in [0.2, 0.25) is 0 Å². The Bertz CT molecular complexity index is 921. The summed E-state index contributed by atoms with van der Waals surface area (Å²) >= 11 is 0. The number of anilines is 2. The number of nitrogens with one attached hydrogen (secondary N) is 3. The molecule has 1 heterocycles. The third-order valence-corrected chi connectivity index (χ3v) is 3.92. The second kappa shape index (κ2) is 9.38. The topological polar surface area (TPSA) is 92.6 Å². The molecule has 1 aromatic heterocycles. The van der Waals surface area contributed by atoms with Crippen LogP contribution in [-0.4, -0.2) is 25.5 Å². The van der Waals surface area contributed by atoms with Crippen LogP contribution in [0.25, 0.3) is 0 Å². The summed E-state index contributed by atoms with van der Waals surface area (Å²) in [4.78, 5) is 24.1. The SMILES string of the molecule is COc1ccc(CNCC(=O)Nc2cccc(NC(=O)c3ccco3)c2)cc1. The second-order valence-electron chi connectivity index (χ2n) is 6.01. The Morgan fingerprint density at radius 1 is 0.964 bits per heavy atom. The minimum Gasteiger partial charge on any atom is -0.497 e. The van der Waals surface area contributed by atoms with Gasteiger partial charge in [0.1, 0.15) is 5.75 Å². The molecule has 0 saturated heterocycles. The van der Waals surface area contributed by atoms with Crippen LogP contribution in [-0.2, 0) is 11.3 Å². The first kappa shape index (κ1) is 19.2. The van der Waals surface area contributed by atoms with Gasteiger partial charge in [0.25, 0.3) is 5.91 Å². The average Bonchev–Trinajstić information content (AvgIpc) is 3.24. The third-order valence-electron chi connectivity index (χ3n) is 3.92. The molecule has 3 aromatic rings. The highest BCUT2D eigenvalue weighted by molar-refractivity contribution is 6.02. The first-order valence-electron chi connectivity index (χ1n) is 8.72. The van der Waals surface area contributed by atoms with Gasteiger partial charge in [-0.2, -0.15) is 0 Å². The summed E-state index contributed by atoms with van der Waals surface area (Å²) in [5.74, 6) is 0.482. The van der Waals surface area contributed by atoms with Crippen molar-refractivity contribution in [2.45, 2.75) is 6.54 Å². The molecular weight excluding hydrogens is 358 g/mol. The van der Waals surface area contributed by atoms with Gasteiger partial charge >= 0.3 is 0 Å². The van der Waals surface area contributed by atoms with Crippen LogP contribution in [0.1, 0.15) is 16.1 Å². The second-order valence-corrected chi connectivity index (χ2v) is 6.01. The molecule has 28 heavy (non-hydrogen) atoms. The van der Waals surface area contributed by atoms with Crippen LogP contribution in [0.4, 0.5) is 11.4 Å². The number of ether oxygens (including phenoxy) is 1. The third kappa shape index (κ3) is 5.46. The van der Waals surface area contributed by atoms with Gasteiger partial charge in [0, 0.05) is 17.9 Å². The molecule has 0 aliphatic carbocycles. The maximum atomic E-state index is 12.1. The Morgan fingerprint density at radius 2 is 1.71 bits per heavy atom. The maximum Gasteiger partial charge on any atom is 0.291 e. The van der Waals surface area contributed by atoms with Crippen molar-refractivity contribution in [2.75, 3.05) is 24.3 Å². The number of carbonyl (C=O) groups excluding carboxylic acids is 2. The molecule has 144 valence electrons. The Morgan fingerprint density at radius 3 is 2.39 bits per heavy atom. The van der Waals surface area contributed by atoms with Crippen LogP contribution < -0.4 is 20.7 Å². The van der Waals surface area contributed by atoms with Gasteiger partial charge < -0.3 is 25.1 Å². The number of hydrogen-bond donors (Lipinski definition) is 3. The molecule has 0 unspecified atom stereocenters. The van der Waals surface area contributed by atoms with E-state index < -0.39 is 0 Å². The summed E-state index contributed by atoms with van der Waals surface area (Å²) in [6, 6.07) is 17.8. The van der Waals surface area contributed by atoms with Crippen molar-refractivity contribution < 1.29 is 18.7 Å². The molecule has 0 aliphatic heterocycles. The highest BCUT2D eigenvalue weighted by Crippen LogP contribution is 2.16. The van der Waals surface area contributed by atoms with E-state index in [1.807, 2.05) is 24.3 Å². The van der Waals surface area contributed by atoms with Crippen LogP contribution in [0.3, 0.4) is 0 Å². The number of benzene rings is 2. The largest absolute Gasteiger partial charge is 0.497 e. The summed E-state index contributed by atoms with van der Waals surface area (Å²) in [6.45, 7) is 0.728. The van der Waals surface area contributed by atoms with E-state index in [1.165, 1.54) is 6.26 Å². The molecule has 0 bridgehead atoms. The van der Waals surface area contributed by atoms with E-state index in [0.717, 1.165) is 11.3 Å². The van der Waals surface area contributed by atoms with E-state index >= 15 is 0 Å². The van der Waals surface area contributed by atoms with Crippen LogP contribution in [0.15, 0.2) is 71.3 Å². The van der Waals surface area contributed by atoms with E-state index in [4.69, 9.17) is 9.15 Å². The van der Waals surface area contributed by atoms with E-state index in [9.17, 15) is 9.59 Å². The van der Waals surface area contributed by atoms with Gasteiger partial charge in [-0.15, -0.1) is 0 Å². The highest BCUT2D eigenvalue weighted by atomic mass is 16.5. The Kier molecular flexibility index (Phi) is 6.43. The molecule has 7 heteroatoms. The highest BCUT2D eigenvalue weighted by Gasteiger charge is 2.09. The van der Waals surface area contributed by atoms with Crippen LogP contribution in [0.5, 0.6) is 5.75 Å². The lowest BCUT2D eigenvalue weighted by Crippen LogP contribution is -2.27. The van der Waals surface area contributed by atoms with Crippen molar-refractivity contribution in [1.29, 1.82) is 0 Å². The van der Waals surface area contributed by atoms with Gasteiger partial charge in [0.2, 0.25) is 5.91 Å². The molecule has 0 atom stereocenters. The summed E-state index contributed by atoms with van der Waals surface area (Å²) in [7, 11) is 1.62. The van der Waals surface area contributed by atoms with Gasteiger partial charge in [-0.05, 0) is 48.0 Å². The molecule has 0 saturated carbocycles. The average molecular weight is 379 g/mol. The lowest BCUT2D eigenvalue weighted by molar-refractivity contribution is -0.115. The molecular formula is C21H21N3O4. The summed E-state index contributed by atoms with van der Waals surface area (Å²) < 4.78 is 10.2. The fraction of sp³-hybridized carbons (Fsp3) is 0.143. The van der Waals surface area contributed by atoms with Crippen molar-refractivity contribution in [3.63, 3.8) is 0 Å². The summed E-state index contributed by atoms with van der Waals surface area (Å²) in [5.41, 5.74) is 2.20. The smallest absolute Gasteiger partial charge is 0.291 e. The number of rotatable bonds is 8. The summed E-state index contributed by atoms with van der Waals surface area (Å²) in [5, 5.41) is 8.61. The van der Waals surface area contributed by atoms with Crippen molar-refractivity contribution in [1.82, 2.24) is 5.32 Å². The Labute approximate surface area is 162 Å². The fourth-order valence-electron chi connectivity index (χ4n) is 2.54. The number of amides is 2. The predicted octanol–water partition coefficient (Wildman–Crippen LogP) is 3.27. The van der Waals surface area contributed by atoms with E-state index in [2.05, 4.69) is 16.0 Å². The summed E-state index contributed by atoms with van der Waals surface area (Å²) in [6.07, 6.45) is 1.44. The van der Waals surface area contributed by atoms with Gasteiger partial charge in [-0.1, -0.05) is 18.2 Å². The standard InChI is InChI=1S/C21H21N3O4/c1-27-18-9-7-15(8-10-18)13-22-14-20(25)23-16-4-2-5-17(12-16)24-21(26)19-6-3-11-28-19/h2-12,22H,13-14H2,1H3,(H,23,25)(H,24,26). The van der Waals surface area contributed by atoms with Gasteiger partial charge in [-0.25, -0.2) is 0 Å². The molecule has 0 aliphatic rings. The van der Waals surface area contributed by atoms with E-state index in [1.54, 1.807) is 43.5 Å². The van der Waals surface area contributed by atoms with Crippen molar-refractivity contribution >= 4 is 23.2 Å². The quantitative estimate of drug-likeness (QED) is 0.559. The number of carbonyl (C=O) groups is 2. The van der Waals surface area contributed by atoms with Gasteiger partial charge in [0.05, 0.1) is 19.9 Å². The van der Waals surface area contributed by atoms with Crippen LogP contribution in [0, 0.1) is 0 Å². The minimum atomic E-state index is -0.352. The Balaban J connectivity index is 1.47. The Hall–Kier alpha value is -3.58. The molecule has 2 aromatic carbocycles. The predicted molar refractivity (Wildman–Crippen MR) is 106 cm³/mol. The van der Waals surface area contributed by atoms with E-state index in [-0.39, 0.29) is 24.1 Å². The van der Waals surface area contributed by atoms with Gasteiger partial charge in [0.15, 0.2) is 5.76 Å². The fourth-order valence-corrected chi connectivity index (χ4v) is 2.54. The molecule has 3 N–H and O–H groups in total. The normalized spacial score (nSPS) is 10.3. The molecule has 3 rings (SSSR count). The molecule has 0 radical (unpaired) electrons. The zero-order valence-corrected chi connectivity index (χ0v) is 15.4. The number of hydrogen-bond acceptors (Lipinski definition) is 5. The molecule has 0 spiro atoms. The van der Waals surface area contributed by atoms with Crippen LogP contribution >= 0.6 is 0 Å². The van der Waals surface area contributed by atoms with Crippen molar-refractivity contribution in [2.24, 2.45) is 0 Å². The lowest BCUT2D eigenvalue weighted by atomic mass is 10.2. The van der Waals surface area contributed by atoms with Crippen molar-refractivity contribution in [3.05, 3.63) is 78.3 Å². The zero-order valence-electron chi connectivity index (χ0n) is 15.4. The number of furan rings is 1. The van der Waals surface area contributed by atoms with E-state index in [0.29, 0.717) is 17.9 Å². The minimum absolute atomic E-state index is 0.162. The lowest BCUT2D eigenvalue weighted by Gasteiger charge is -2.09. The zero-order chi connectivity index (χ0) is 19.8.